The fraction of sp³-hybridized carbons (Fsp3) is 0.176. The lowest BCUT2D eigenvalue weighted by Gasteiger charge is -2.13. The summed E-state index contributed by atoms with van der Waals surface area (Å²) in [6.07, 6.45) is 7.01. The average Bonchev–Trinajstić information content (AvgIpc) is 2.55. The van der Waals surface area contributed by atoms with E-state index in [9.17, 15) is 0 Å². The van der Waals surface area contributed by atoms with Gasteiger partial charge in [0.15, 0.2) is 0 Å². The lowest BCUT2D eigenvalue weighted by atomic mass is 9.96. The largest absolute Gasteiger partial charge is 0.497 e. The van der Waals surface area contributed by atoms with Gasteiger partial charge in [0.25, 0.3) is 0 Å². The molecule has 0 spiro atoms. The first-order valence-electron chi connectivity index (χ1n) is 7.43. The molecule has 20 heavy (non-hydrogen) atoms. The molecular formula is C17H16N2O. The number of nitrogens with zero attached hydrogens (tertiary/aromatic N) is 2. The number of hydrogen-bond acceptors (Lipinski definition) is 3. The third kappa shape index (κ3) is 2.62. The van der Waals surface area contributed by atoms with Gasteiger partial charge in [-0.2, -0.15) is 0 Å². The van der Waals surface area contributed by atoms with E-state index < -0.39 is 5.89 Å². The van der Waals surface area contributed by atoms with Crippen molar-refractivity contribution in [3.05, 3.63) is 66.6 Å². The zero-order valence-corrected chi connectivity index (χ0v) is 11.2. The molecule has 1 aliphatic carbocycles. The van der Waals surface area contributed by atoms with E-state index in [2.05, 4.69) is 9.97 Å². The first-order valence-corrected chi connectivity index (χ1v) is 6.43. The third-order valence-corrected chi connectivity index (χ3v) is 3.19. The van der Waals surface area contributed by atoms with Gasteiger partial charge in [-0.3, -0.25) is 0 Å². The molecule has 1 unspecified atom stereocenters. The van der Waals surface area contributed by atoms with Gasteiger partial charge in [0.2, 0.25) is 0 Å². The van der Waals surface area contributed by atoms with E-state index in [1.807, 2.05) is 30.3 Å². The van der Waals surface area contributed by atoms with Crippen molar-refractivity contribution in [2.24, 2.45) is 0 Å². The van der Waals surface area contributed by atoms with Crippen molar-refractivity contribution in [3.63, 3.8) is 0 Å². The SMILES string of the molecule is [2H]C1=CC=CC([2H])(c2cc(-c3ccc(OC)cc3)ncn2)C1. The molecule has 3 nitrogen and oxygen atoms in total. The molecule has 0 amide bonds. The summed E-state index contributed by atoms with van der Waals surface area (Å²) < 4.78 is 21.5. The van der Waals surface area contributed by atoms with Crippen LogP contribution in [0, 0.1) is 0 Å². The predicted octanol–water partition coefficient (Wildman–Crippen LogP) is 3.75. The van der Waals surface area contributed by atoms with E-state index in [1.165, 1.54) is 6.33 Å². The zero-order valence-electron chi connectivity index (χ0n) is 13.2. The zero-order chi connectivity index (χ0) is 15.6. The Morgan fingerprint density at radius 2 is 2.10 bits per heavy atom. The molecule has 1 aromatic carbocycles. The summed E-state index contributed by atoms with van der Waals surface area (Å²) in [5.74, 6) is -0.218. The Morgan fingerprint density at radius 3 is 2.85 bits per heavy atom. The van der Waals surface area contributed by atoms with Gasteiger partial charge in [0, 0.05) is 12.8 Å². The van der Waals surface area contributed by atoms with Crippen molar-refractivity contribution in [1.82, 2.24) is 9.97 Å². The van der Waals surface area contributed by atoms with Crippen LogP contribution in [0.25, 0.3) is 11.3 Å². The molecule has 0 N–H and O–H groups in total. The van der Waals surface area contributed by atoms with Crippen LogP contribution in [0.4, 0.5) is 0 Å². The minimum Gasteiger partial charge on any atom is -0.497 e. The monoisotopic (exact) mass is 266 g/mol. The topological polar surface area (TPSA) is 35.0 Å². The summed E-state index contributed by atoms with van der Waals surface area (Å²) >= 11 is 0. The second-order valence-corrected chi connectivity index (χ2v) is 4.45. The maximum absolute atomic E-state index is 8.56. The number of ether oxygens (including phenoxy) is 1. The minimum atomic E-state index is -1.00. The lowest BCUT2D eigenvalue weighted by Crippen LogP contribution is -2.00. The standard InChI is InChI=1S/C17H16N2O/c1-20-15-9-7-14(8-10-15)17-11-16(18-12-19-17)13-5-3-2-4-6-13/h2-5,7-13H,6H2,1H3/i4D,13D. The van der Waals surface area contributed by atoms with Crippen LogP contribution in [0.1, 0.15) is 20.8 Å². The van der Waals surface area contributed by atoms with Crippen molar-refractivity contribution in [1.29, 1.82) is 0 Å². The molecule has 1 atom stereocenters. The van der Waals surface area contributed by atoms with E-state index in [-0.39, 0.29) is 0 Å². The van der Waals surface area contributed by atoms with E-state index in [0.29, 0.717) is 18.2 Å². The van der Waals surface area contributed by atoms with Crippen LogP contribution >= 0.6 is 0 Å². The normalized spacial score (nSPS) is 22.8. The van der Waals surface area contributed by atoms with Crippen molar-refractivity contribution in [2.75, 3.05) is 7.11 Å². The molecule has 1 aromatic heterocycles. The second kappa shape index (κ2) is 5.70. The summed E-state index contributed by atoms with van der Waals surface area (Å²) in [5, 5.41) is 0. The molecule has 1 heterocycles. The molecule has 0 saturated carbocycles. The highest BCUT2D eigenvalue weighted by Gasteiger charge is 2.11. The molecule has 3 rings (SSSR count). The Hall–Kier alpha value is -2.42. The Morgan fingerprint density at radius 1 is 1.25 bits per heavy atom. The molecule has 0 bridgehead atoms. The highest BCUT2D eigenvalue weighted by molar-refractivity contribution is 5.60. The van der Waals surface area contributed by atoms with Gasteiger partial charge in [-0.15, -0.1) is 0 Å². The van der Waals surface area contributed by atoms with Crippen LogP contribution < -0.4 is 4.74 Å². The first-order chi connectivity index (χ1) is 10.6. The van der Waals surface area contributed by atoms with Gasteiger partial charge in [0.05, 0.1) is 19.9 Å². The summed E-state index contributed by atoms with van der Waals surface area (Å²) in [5.41, 5.74) is 2.30. The van der Waals surface area contributed by atoms with Gasteiger partial charge < -0.3 is 4.74 Å². The Kier molecular flexibility index (Phi) is 2.96. The van der Waals surface area contributed by atoms with Crippen molar-refractivity contribution in [3.8, 4) is 17.0 Å². The number of allylic oxidation sites excluding steroid dienone is 4. The highest BCUT2D eigenvalue weighted by Crippen LogP contribution is 2.26. The highest BCUT2D eigenvalue weighted by atomic mass is 16.5. The van der Waals surface area contributed by atoms with Crippen molar-refractivity contribution < 1.29 is 7.48 Å². The van der Waals surface area contributed by atoms with Gasteiger partial charge in [-0.05, 0) is 36.8 Å². The average molecular weight is 266 g/mol. The molecule has 0 saturated heterocycles. The fourth-order valence-electron chi connectivity index (χ4n) is 2.09. The van der Waals surface area contributed by atoms with E-state index in [0.717, 1.165) is 17.0 Å². The molecule has 2 aromatic rings. The minimum absolute atomic E-state index is 0.322. The molecule has 0 fully saturated rings. The molecule has 100 valence electrons. The summed E-state index contributed by atoms with van der Waals surface area (Å²) in [4.78, 5) is 8.53. The van der Waals surface area contributed by atoms with Crippen LogP contribution in [0.5, 0.6) is 5.75 Å². The third-order valence-electron chi connectivity index (χ3n) is 3.19. The molecule has 0 radical (unpaired) electrons. The number of rotatable bonds is 3. The summed E-state index contributed by atoms with van der Waals surface area (Å²) in [6, 6.07) is 9.85. The predicted molar refractivity (Wildman–Crippen MR) is 79.7 cm³/mol. The molecule has 0 aliphatic heterocycles. The number of aromatic nitrogens is 2. The first kappa shape index (κ1) is 10.4. The van der Waals surface area contributed by atoms with E-state index >= 15 is 0 Å². The quantitative estimate of drug-likeness (QED) is 0.848. The van der Waals surface area contributed by atoms with Crippen LogP contribution in [-0.2, 0) is 0 Å². The Labute approximate surface area is 121 Å². The van der Waals surface area contributed by atoms with Crippen molar-refractivity contribution >= 4 is 0 Å². The smallest absolute Gasteiger partial charge is 0.118 e. The number of hydrogen-bond donors (Lipinski definition) is 0. The van der Waals surface area contributed by atoms with Gasteiger partial charge >= 0.3 is 0 Å². The maximum atomic E-state index is 8.56. The Bertz CT molecular complexity index is 741. The summed E-state index contributed by atoms with van der Waals surface area (Å²) in [7, 11) is 1.63. The van der Waals surface area contributed by atoms with Gasteiger partial charge in [-0.25, -0.2) is 9.97 Å². The van der Waals surface area contributed by atoms with E-state index in [4.69, 9.17) is 7.48 Å². The molecule has 3 heteroatoms. The Balaban J connectivity index is 1.95. The lowest BCUT2D eigenvalue weighted by molar-refractivity contribution is 0.415. The second-order valence-electron chi connectivity index (χ2n) is 4.45. The van der Waals surface area contributed by atoms with Gasteiger partial charge in [0.1, 0.15) is 12.1 Å². The van der Waals surface area contributed by atoms with E-state index in [1.54, 1.807) is 25.3 Å². The summed E-state index contributed by atoms with van der Waals surface area (Å²) in [6.45, 7) is 0. The maximum Gasteiger partial charge on any atom is 0.118 e. The van der Waals surface area contributed by atoms with Crippen molar-refractivity contribution in [2.45, 2.75) is 12.3 Å². The van der Waals surface area contributed by atoms with Gasteiger partial charge in [-0.1, -0.05) is 24.3 Å². The van der Waals surface area contributed by atoms with Crippen LogP contribution in [-0.4, -0.2) is 17.1 Å². The van der Waals surface area contributed by atoms with Crippen LogP contribution in [0.3, 0.4) is 0 Å². The van der Waals surface area contributed by atoms with Crippen LogP contribution in [0.2, 0.25) is 0 Å². The van der Waals surface area contributed by atoms with Crippen LogP contribution in [0.15, 0.2) is 60.9 Å². The number of benzene rings is 1. The molecule has 1 aliphatic rings. The number of methoxy groups -OCH3 is 1. The fourth-order valence-corrected chi connectivity index (χ4v) is 2.09. The molecular weight excluding hydrogens is 248 g/mol.